The summed E-state index contributed by atoms with van der Waals surface area (Å²) in [6, 6.07) is 14.0. The molecule has 0 saturated heterocycles. The summed E-state index contributed by atoms with van der Waals surface area (Å²) in [5.41, 5.74) is 7.90. The number of carboxylic acid groups (broad SMARTS) is 1. The molecule has 1 aliphatic heterocycles. The molecule has 2 aromatic carbocycles. The lowest BCUT2D eigenvalue weighted by molar-refractivity contribution is -0.122. The van der Waals surface area contributed by atoms with Crippen molar-refractivity contribution in [3.63, 3.8) is 0 Å². The third-order valence-electron chi connectivity index (χ3n) is 8.18. The number of hydrogen-bond donors (Lipinski definition) is 1. The molecular formula is C29H35N3O4. The molecule has 1 amide bonds. The van der Waals surface area contributed by atoms with Gasteiger partial charge >= 0.3 is 6.09 Å². The van der Waals surface area contributed by atoms with Gasteiger partial charge in [0.15, 0.2) is 0 Å². The van der Waals surface area contributed by atoms with E-state index in [1.807, 2.05) is 4.90 Å². The Morgan fingerprint density at radius 2 is 1.78 bits per heavy atom. The molecule has 190 valence electrons. The monoisotopic (exact) mass is 489 g/mol. The number of methoxy groups -OCH3 is 1. The number of hydrogen-bond acceptors (Lipinski definition) is 4. The molecule has 0 bridgehead atoms. The Kier molecular flexibility index (Phi) is 7.25. The van der Waals surface area contributed by atoms with Gasteiger partial charge in [0.1, 0.15) is 5.82 Å². The van der Waals surface area contributed by atoms with Crippen molar-refractivity contribution in [3.8, 4) is 0 Å². The van der Waals surface area contributed by atoms with Gasteiger partial charge in [-0.25, -0.2) is 9.78 Å². The molecule has 1 saturated carbocycles. The van der Waals surface area contributed by atoms with Crippen molar-refractivity contribution in [1.82, 2.24) is 14.5 Å². The minimum absolute atomic E-state index is 0.242. The van der Waals surface area contributed by atoms with Gasteiger partial charge in [-0.3, -0.25) is 4.79 Å². The fourth-order valence-electron chi connectivity index (χ4n) is 6.43. The number of fused-ring (bicyclic) bond motifs is 4. The molecular weight excluding hydrogens is 454 g/mol. The molecule has 3 aromatic rings. The molecule has 3 aliphatic rings. The number of ether oxygens (including phenoxy) is 1. The fourth-order valence-corrected chi connectivity index (χ4v) is 6.43. The Morgan fingerprint density at radius 1 is 1.03 bits per heavy atom. The van der Waals surface area contributed by atoms with E-state index in [1.54, 1.807) is 0 Å². The van der Waals surface area contributed by atoms with Crippen LogP contribution in [0.15, 0.2) is 36.4 Å². The van der Waals surface area contributed by atoms with Gasteiger partial charge in [-0.2, -0.15) is 0 Å². The Hall–Kier alpha value is -3.35. The van der Waals surface area contributed by atoms with E-state index in [9.17, 15) is 4.79 Å². The minimum atomic E-state index is -0.250. The second-order valence-corrected chi connectivity index (χ2v) is 10.2. The quantitative estimate of drug-likeness (QED) is 0.471. The maximum Gasteiger partial charge on any atom is 0.409 e. The standard InChI is InChI=1S/C28H33N3O2.CH2O2/c1-33-28(32)30-16-15-20-12-14-25-26(24(20)18-30)29-27(21-8-3-2-4-9-21)31(25)23-13-11-19-7-5-6-10-22(19)17-23;2-1-3/h5-7,10,12,14,21,23H,2-4,8-9,11,13,15-18H2,1H3;1H,(H,2,3)/t23-;/m1./s1. The van der Waals surface area contributed by atoms with Gasteiger partial charge in [0.2, 0.25) is 0 Å². The van der Waals surface area contributed by atoms with Crippen LogP contribution in [-0.2, 0) is 35.3 Å². The van der Waals surface area contributed by atoms with Crippen LogP contribution >= 0.6 is 0 Å². The van der Waals surface area contributed by atoms with Gasteiger partial charge in [0, 0.05) is 24.1 Å². The molecule has 0 spiro atoms. The van der Waals surface area contributed by atoms with Crippen molar-refractivity contribution in [2.24, 2.45) is 0 Å². The van der Waals surface area contributed by atoms with Gasteiger partial charge < -0.3 is 19.3 Å². The topological polar surface area (TPSA) is 84.7 Å². The smallest absolute Gasteiger partial charge is 0.409 e. The van der Waals surface area contributed by atoms with E-state index in [0.717, 1.165) is 31.2 Å². The first-order valence-corrected chi connectivity index (χ1v) is 13.1. The van der Waals surface area contributed by atoms with Crippen LogP contribution in [0, 0.1) is 0 Å². The van der Waals surface area contributed by atoms with Crippen LogP contribution < -0.4 is 0 Å². The first-order valence-electron chi connectivity index (χ1n) is 13.1. The zero-order chi connectivity index (χ0) is 25.1. The van der Waals surface area contributed by atoms with E-state index < -0.39 is 0 Å². The van der Waals surface area contributed by atoms with Crippen molar-refractivity contribution >= 4 is 23.6 Å². The van der Waals surface area contributed by atoms with Crippen molar-refractivity contribution in [2.75, 3.05) is 13.7 Å². The van der Waals surface area contributed by atoms with E-state index in [-0.39, 0.29) is 12.6 Å². The van der Waals surface area contributed by atoms with E-state index in [4.69, 9.17) is 19.6 Å². The second kappa shape index (κ2) is 10.7. The molecule has 1 atom stereocenters. The zero-order valence-corrected chi connectivity index (χ0v) is 21.0. The normalized spacial score (nSPS) is 19.6. The SMILES string of the molecule is COC(=O)N1CCc2ccc3c(nc(C4CCCCC4)n3[C@@H]3CCc4ccccc4C3)c2C1.O=CO. The summed E-state index contributed by atoms with van der Waals surface area (Å²) in [5, 5.41) is 6.89. The van der Waals surface area contributed by atoms with Crippen molar-refractivity contribution in [3.05, 3.63) is 64.5 Å². The lowest BCUT2D eigenvalue weighted by Gasteiger charge is -2.31. The van der Waals surface area contributed by atoms with Crippen molar-refractivity contribution < 1.29 is 19.4 Å². The highest BCUT2D eigenvalue weighted by Gasteiger charge is 2.31. The number of carbonyl (C=O) groups excluding carboxylic acids is 1. The summed E-state index contributed by atoms with van der Waals surface area (Å²) in [6.45, 7) is 1.05. The highest BCUT2D eigenvalue weighted by atomic mass is 16.5. The van der Waals surface area contributed by atoms with Crippen LogP contribution in [0.2, 0.25) is 0 Å². The molecule has 6 rings (SSSR count). The van der Waals surface area contributed by atoms with E-state index in [1.165, 1.54) is 72.8 Å². The van der Waals surface area contributed by atoms with Gasteiger partial charge in [-0.05, 0) is 61.3 Å². The molecule has 2 heterocycles. The third-order valence-corrected chi connectivity index (χ3v) is 8.18. The van der Waals surface area contributed by atoms with E-state index in [2.05, 4.69) is 41.0 Å². The summed E-state index contributed by atoms with van der Waals surface area (Å²) < 4.78 is 7.64. The molecule has 1 N–H and O–H groups in total. The Bertz CT molecular complexity index is 1240. The summed E-state index contributed by atoms with van der Waals surface area (Å²) in [4.78, 5) is 27.8. The van der Waals surface area contributed by atoms with Crippen LogP contribution in [0.1, 0.15) is 78.6 Å². The average Bonchev–Trinajstić information content (AvgIpc) is 3.33. The Labute approximate surface area is 212 Å². The molecule has 1 fully saturated rings. The molecule has 7 heteroatoms. The first-order chi connectivity index (χ1) is 17.6. The van der Waals surface area contributed by atoms with Crippen LogP contribution in [-0.4, -0.2) is 45.8 Å². The average molecular weight is 490 g/mol. The van der Waals surface area contributed by atoms with E-state index in [0.29, 0.717) is 25.0 Å². The number of rotatable bonds is 2. The van der Waals surface area contributed by atoms with Crippen molar-refractivity contribution in [1.29, 1.82) is 0 Å². The third kappa shape index (κ3) is 4.59. The number of amides is 1. The Balaban J connectivity index is 0.000000848. The molecule has 36 heavy (non-hydrogen) atoms. The Morgan fingerprint density at radius 3 is 2.53 bits per heavy atom. The lowest BCUT2D eigenvalue weighted by Crippen LogP contribution is -2.35. The predicted octanol–water partition coefficient (Wildman–Crippen LogP) is 5.64. The second-order valence-electron chi connectivity index (χ2n) is 10.2. The highest BCUT2D eigenvalue weighted by molar-refractivity contribution is 5.82. The molecule has 7 nitrogen and oxygen atoms in total. The van der Waals surface area contributed by atoms with Crippen molar-refractivity contribution in [2.45, 2.75) is 76.3 Å². The fraction of sp³-hybridized carbons (Fsp3) is 0.483. The largest absolute Gasteiger partial charge is 0.483 e. The van der Waals surface area contributed by atoms with Crippen LogP contribution in [0.4, 0.5) is 4.79 Å². The van der Waals surface area contributed by atoms with E-state index >= 15 is 0 Å². The number of aromatic nitrogens is 2. The number of aryl methyl sites for hydroxylation is 1. The molecule has 2 aliphatic carbocycles. The van der Waals surface area contributed by atoms with Gasteiger partial charge in [0.25, 0.3) is 6.47 Å². The van der Waals surface area contributed by atoms with Gasteiger partial charge in [-0.1, -0.05) is 49.6 Å². The highest BCUT2D eigenvalue weighted by Crippen LogP contribution is 2.40. The molecule has 0 radical (unpaired) electrons. The van der Waals surface area contributed by atoms with Crippen LogP contribution in [0.3, 0.4) is 0 Å². The summed E-state index contributed by atoms with van der Waals surface area (Å²) >= 11 is 0. The maximum atomic E-state index is 12.3. The first kappa shape index (κ1) is 24.3. The number of benzene rings is 2. The number of carbonyl (C=O) groups is 2. The minimum Gasteiger partial charge on any atom is -0.483 e. The molecule has 1 aromatic heterocycles. The zero-order valence-electron chi connectivity index (χ0n) is 21.0. The maximum absolute atomic E-state index is 12.3. The van der Waals surface area contributed by atoms with Gasteiger partial charge in [-0.15, -0.1) is 0 Å². The number of nitrogens with zero attached hydrogens (tertiary/aromatic N) is 3. The summed E-state index contributed by atoms with van der Waals surface area (Å²) in [6.07, 6.45) is 10.4. The summed E-state index contributed by atoms with van der Waals surface area (Å²) in [5.74, 6) is 1.83. The van der Waals surface area contributed by atoms with Crippen LogP contribution in [0.25, 0.3) is 11.0 Å². The summed E-state index contributed by atoms with van der Waals surface area (Å²) in [7, 11) is 1.47. The van der Waals surface area contributed by atoms with Crippen LogP contribution in [0.5, 0.6) is 0 Å². The number of imidazole rings is 1. The van der Waals surface area contributed by atoms with Gasteiger partial charge in [0.05, 0.1) is 24.7 Å². The predicted molar refractivity (Wildman–Crippen MR) is 138 cm³/mol. The lowest BCUT2D eigenvalue weighted by atomic mass is 9.86. The molecule has 0 unspecified atom stereocenters.